The van der Waals surface area contributed by atoms with E-state index in [1.165, 1.54) is 19.2 Å². The number of ether oxygens (including phenoxy) is 1. The number of furan rings is 1. The maximum Gasteiger partial charge on any atom is 0.373 e. The van der Waals surface area contributed by atoms with E-state index in [9.17, 15) is 14.4 Å². The third-order valence-corrected chi connectivity index (χ3v) is 4.44. The van der Waals surface area contributed by atoms with Crippen molar-refractivity contribution in [3.63, 3.8) is 0 Å². The van der Waals surface area contributed by atoms with E-state index in [-0.39, 0.29) is 18.0 Å². The SMILES string of the molecule is COC(=O)c1ccc(CN2C(=O)NC(=Cc3cc(C)n(C)c3C)C2=O)o1. The van der Waals surface area contributed by atoms with Crippen LogP contribution in [0, 0.1) is 13.8 Å². The lowest BCUT2D eigenvalue weighted by atomic mass is 10.2. The zero-order chi connectivity index (χ0) is 19.0. The Labute approximate surface area is 150 Å². The zero-order valence-corrected chi connectivity index (χ0v) is 15.0. The summed E-state index contributed by atoms with van der Waals surface area (Å²) in [6.07, 6.45) is 1.66. The number of aryl methyl sites for hydroxylation is 1. The molecule has 2 aromatic heterocycles. The van der Waals surface area contributed by atoms with Gasteiger partial charge in [0.2, 0.25) is 5.76 Å². The lowest BCUT2D eigenvalue weighted by Crippen LogP contribution is -2.30. The predicted octanol–water partition coefficient (Wildman–Crippen LogP) is 2.11. The minimum Gasteiger partial charge on any atom is -0.463 e. The minimum absolute atomic E-state index is 0.0145. The normalized spacial score (nSPS) is 15.7. The van der Waals surface area contributed by atoms with Gasteiger partial charge in [0.1, 0.15) is 11.5 Å². The Balaban J connectivity index is 1.80. The third kappa shape index (κ3) is 3.01. The second-order valence-electron chi connectivity index (χ2n) is 6.02. The summed E-state index contributed by atoms with van der Waals surface area (Å²) in [6, 6.07) is 4.37. The molecule has 26 heavy (non-hydrogen) atoms. The topological polar surface area (TPSA) is 93.8 Å². The molecule has 0 aromatic carbocycles. The highest BCUT2D eigenvalue weighted by atomic mass is 16.5. The largest absolute Gasteiger partial charge is 0.463 e. The second-order valence-corrected chi connectivity index (χ2v) is 6.02. The van der Waals surface area contributed by atoms with Gasteiger partial charge in [-0.25, -0.2) is 9.59 Å². The van der Waals surface area contributed by atoms with Crippen LogP contribution in [0.3, 0.4) is 0 Å². The molecule has 136 valence electrons. The van der Waals surface area contributed by atoms with Crippen molar-refractivity contribution < 1.29 is 23.5 Å². The number of imide groups is 1. The zero-order valence-electron chi connectivity index (χ0n) is 15.0. The monoisotopic (exact) mass is 357 g/mol. The second kappa shape index (κ2) is 6.55. The number of methoxy groups -OCH3 is 1. The van der Waals surface area contributed by atoms with E-state index in [1.54, 1.807) is 6.08 Å². The van der Waals surface area contributed by atoms with Crippen molar-refractivity contribution in [1.82, 2.24) is 14.8 Å². The van der Waals surface area contributed by atoms with Gasteiger partial charge in [-0.2, -0.15) is 0 Å². The minimum atomic E-state index is -0.621. The van der Waals surface area contributed by atoms with Gasteiger partial charge in [-0.3, -0.25) is 9.69 Å². The summed E-state index contributed by atoms with van der Waals surface area (Å²) in [5, 5.41) is 2.58. The Kier molecular flexibility index (Phi) is 4.41. The maximum atomic E-state index is 12.6. The van der Waals surface area contributed by atoms with E-state index >= 15 is 0 Å². The summed E-state index contributed by atoms with van der Waals surface area (Å²) >= 11 is 0. The molecule has 1 saturated heterocycles. The number of amides is 3. The van der Waals surface area contributed by atoms with Crippen LogP contribution in [-0.2, 0) is 23.1 Å². The molecular formula is C18H19N3O5. The fourth-order valence-corrected chi connectivity index (χ4v) is 2.73. The molecule has 3 amide bonds. The molecule has 8 heteroatoms. The van der Waals surface area contributed by atoms with E-state index in [1.807, 2.05) is 31.5 Å². The van der Waals surface area contributed by atoms with Gasteiger partial charge < -0.3 is 19.0 Å². The van der Waals surface area contributed by atoms with Crippen LogP contribution in [0.1, 0.15) is 33.3 Å². The van der Waals surface area contributed by atoms with Crippen LogP contribution in [0.15, 0.2) is 28.3 Å². The molecule has 0 saturated carbocycles. The van der Waals surface area contributed by atoms with Crippen LogP contribution < -0.4 is 5.32 Å². The van der Waals surface area contributed by atoms with Gasteiger partial charge in [-0.1, -0.05) is 0 Å². The molecule has 0 radical (unpaired) electrons. The van der Waals surface area contributed by atoms with Gasteiger partial charge in [0, 0.05) is 18.4 Å². The van der Waals surface area contributed by atoms with E-state index in [0.29, 0.717) is 5.76 Å². The molecule has 0 spiro atoms. The first-order valence-corrected chi connectivity index (χ1v) is 7.96. The van der Waals surface area contributed by atoms with Crippen molar-refractivity contribution >= 4 is 24.0 Å². The van der Waals surface area contributed by atoms with Crippen molar-refractivity contribution in [1.29, 1.82) is 0 Å². The third-order valence-electron chi connectivity index (χ3n) is 4.44. The summed E-state index contributed by atoms with van der Waals surface area (Å²) in [5.41, 5.74) is 3.10. The van der Waals surface area contributed by atoms with Crippen molar-refractivity contribution in [2.45, 2.75) is 20.4 Å². The molecule has 0 aliphatic carbocycles. The van der Waals surface area contributed by atoms with Crippen LogP contribution in [0.2, 0.25) is 0 Å². The smallest absolute Gasteiger partial charge is 0.373 e. The number of carbonyl (C=O) groups is 3. The number of hydrogen-bond donors (Lipinski definition) is 1. The molecule has 1 fully saturated rings. The molecule has 2 aromatic rings. The van der Waals surface area contributed by atoms with E-state index < -0.39 is 17.9 Å². The first-order chi connectivity index (χ1) is 12.3. The number of urea groups is 1. The average Bonchev–Trinajstić information content (AvgIpc) is 3.25. The highest BCUT2D eigenvalue weighted by molar-refractivity contribution is 6.13. The fraction of sp³-hybridized carbons (Fsp3) is 0.278. The molecule has 1 N–H and O–H groups in total. The number of nitrogens with one attached hydrogen (secondary N) is 1. The summed E-state index contributed by atoms with van der Waals surface area (Å²) in [5.74, 6) is -0.751. The number of esters is 1. The summed E-state index contributed by atoms with van der Waals surface area (Å²) in [6.45, 7) is 3.83. The standard InChI is InChI=1S/C18H19N3O5/c1-10-7-12(11(2)20(10)3)8-14-16(22)21(18(24)19-14)9-13-5-6-15(26-13)17(23)25-4/h5-8H,9H2,1-4H3,(H,19,24). The Morgan fingerprint density at radius 2 is 2.04 bits per heavy atom. The van der Waals surface area contributed by atoms with Crippen molar-refractivity contribution in [2.24, 2.45) is 7.05 Å². The number of carbonyl (C=O) groups excluding carboxylic acids is 3. The van der Waals surface area contributed by atoms with E-state index in [2.05, 4.69) is 10.1 Å². The van der Waals surface area contributed by atoms with Crippen molar-refractivity contribution in [3.8, 4) is 0 Å². The van der Waals surface area contributed by atoms with Crippen LogP contribution in [0.5, 0.6) is 0 Å². The maximum absolute atomic E-state index is 12.6. The van der Waals surface area contributed by atoms with E-state index in [0.717, 1.165) is 21.9 Å². The van der Waals surface area contributed by atoms with Crippen LogP contribution in [-0.4, -0.2) is 34.5 Å². The molecule has 1 aliphatic rings. The molecule has 1 aliphatic heterocycles. The van der Waals surface area contributed by atoms with Gasteiger partial charge in [0.15, 0.2) is 0 Å². The number of hydrogen-bond acceptors (Lipinski definition) is 5. The van der Waals surface area contributed by atoms with Crippen LogP contribution in [0.4, 0.5) is 4.79 Å². The van der Waals surface area contributed by atoms with Crippen LogP contribution in [0.25, 0.3) is 6.08 Å². The molecule has 8 nitrogen and oxygen atoms in total. The van der Waals surface area contributed by atoms with Gasteiger partial charge in [0.25, 0.3) is 5.91 Å². The van der Waals surface area contributed by atoms with Crippen molar-refractivity contribution in [2.75, 3.05) is 7.11 Å². The highest BCUT2D eigenvalue weighted by Crippen LogP contribution is 2.21. The van der Waals surface area contributed by atoms with E-state index in [4.69, 9.17) is 4.42 Å². The summed E-state index contributed by atoms with van der Waals surface area (Å²) < 4.78 is 11.9. The van der Waals surface area contributed by atoms with Gasteiger partial charge >= 0.3 is 12.0 Å². The van der Waals surface area contributed by atoms with Crippen molar-refractivity contribution in [3.05, 3.63) is 52.4 Å². The number of aromatic nitrogens is 1. The Hall–Kier alpha value is -3.29. The molecule has 0 atom stereocenters. The average molecular weight is 357 g/mol. The van der Waals surface area contributed by atoms with Gasteiger partial charge in [0.05, 0.1) is 13.7 Å². The predicted molar refractivity (Wildman–Crippen MR) is 92.0 cm³/mol. The molecule has 3 rings (SSSR count). The molecule has 0 bridgehead atoms. The van der Waals surface area contributed by atoms with Gasteiger partial charge in [-0.05, 0) is 43.7 Å². The first-order valence-electron chi connectivity index (χ1n) is 7.96. The molecule has 3 heterocycles. The molecule has 0 unspecified atom stereocenters. The Bertz CT molecular complexity index is 935. The quantitative estimate of drug-likeness (QED) is 0.514. The lowest BCUT2D eigenvalue weighted by molar-refractivity contribution is -0.123. The van der Waals surface area contributed by atoms with Crippen LogP contribution >= 0.6 is 0 Å². The number of rotatable bonds is 4. The Morgan fingerprint density at radius 1 is 1.31 bits per heavy atom. The first kappa shape index (κ1) is 17.5. The Morgan fingerprint density at radius 3 is 2.65 bits per heavy atom. The van der Waals surface area contributed by atoms with Gasteiger partial charge in [-0.15, -0.1) is 0 Å². The lowest BCUT2D eigenvalue weighted by Gasteiger charge is -2.09. The summed E-state index contributed by atoms with van der Waals surface area (Å²) in [4.78, 5) is 37.2. The molecular weight excluding hydrogens is 338 g/mol. The highest BCUT2D eigenvalue weighted by Gasteiger charge is 2.34. The fourth-order valence-electron chi connectivity index (χ4n) is 2.73. The number of nitrogens with zero attached hydrogens (tertiary/aromatic N) is 2. The summed E-state index contributed by atoms with van der Waals surface area (Å²) in [7, 11) is 3.18.